The second kappa shape index (κ2) is 10.1. The number of ether oxygens (including phenoxy) is 1. The van der Waals surface area contributed by atoms with Crippen molar-refractivity contribution in [1.82, 2.24) is 4.98 Å². The molecule has 1 aromatic heterocycles. The number of rotatable bonds is 9. The zero-order chi connectivity index (χ0) is 22.6. The first-order valence-electron chi connectivity index (χ1n) is 11.1. The van der Waals surface area contributed by atoms with Crippen LogP contribution in [0.15, 0.2) is 53.4 Å². The van der Waals surface area contributed by atoms with Crippen LogP contribution >= 0.6 is 11.3 Å². The van der Waals surface area contributed by atoms with Crippen molar-refractivity contribution in [3.8, 4) is 0 Å². The highest BCUT2D eigenvalue weighted by atomic mass is 32.2. The average Bonchev–Trinajstić information content (AvgIpc) is 3.47. The van der Waals surface area contributed by atoms with Crippen LogP contribution in [0.3, 0.4) is 0 Å². The Balaban J connectivity index is 1.50. The number of para-hydroxylation sites is 1. The van der Waals surface area contributed by atoms with E-state index in [1.807, 2.05) is 12.1 Å². The van der Waals surface area contributed by atoms with E-state index in [9.17, 15) is 13.2 Å². The van der Waals surface area contributed by atoms with Crippen molar-refractivity contribution in [3.63, 3.8) is 0 Å². The molecule has 1 atom stereocenters. The number of sulfone groups is 1. The molecule has 2 heterocycles. The van der Waals surface area contributed by atoms with E-state index in [1.54, 1.807) is 35.2 Å². The summed E-state index contributed by atoms with van der Waals surface area (Å²) in [5.41, 5.74) is 2.09. The Labute approximate surface area is 193 Å². The Morgan fingerprint density at radius 2 is 2.00 bits per heavy atom. The van der Waals surface area contributed by atoms with Crippen molar-refractivity contribution in [3.05, 3.63) is 54.1 Å². The van der Waals surface area contributed by atoms with Crippen LogP contribution in [0.2, 0.25) is 0 Å². The lowest BCUT2D eigenvalue weighted by Gasteiger charge is -2.23. The third-order valence-corrected chi connectivity index (χ3v) is 8.58. The third-order valence-electron chi connectivity index (χ3n) is 5.72. The Hall–Kier alpha value is -2.29. The fourth-order valence-electron chi connectivity index (χ4n) is 3.97. The van der Waals surface area contributed by atoms with Gasteiger partial charge in [0, 0.05) is 13.0 Å². The SMILES string of the molecule is CCc1cccc2sc(N(CC3CCCO3)C(=O)CCCS(=O)(=O)c3ccccc3)nc12. The van der Waals surface area contributed by atoms with Crippen molar-refractivity contribution in [1.29, 1.82) is 0 Å². The van der Waals surface area contributed by atoms with Crippen LogP contribution in [0.5, 0.6) is 0 Å². The van der Waals surface area contributed by atoms with E-state index < -0.39 is 9.84 Å². The quantitative estimate of drug-likeness (QED) is 0.454. The van der Waals surface area contributed by atoms with E-state index in [-0.39, 0.29) is 30.6 Å². The number of hydrogen-bond acceptors (Lipinski definition) is 6. The molecule has 0 bridgehead atoms. The summed E-state index contributed by atoms with van der Waals surface area (Å²) in [4.78, 5) is 20.0. The number of anilines is 1. The predicted octanol–water partition coefficient (Wildman–Crippen LogP) is 4.62. The predicted molar refractivity (Wildman–Crippen MR) is 128 cm³/mol. The number of nitrogens with zero attached hydrogens (tertiary/aromatic N) is 2. The van der Waals surface area contributed by atoms with Gasteiger partial charge in [-0.2, -0.15) is 0 Å². The van der Waals surface area contributed by atoms with E-state index in [1.165, 1.54) is 11.3 Å². The third kappa shape index (κ3) is 5.19. The van der Waals surface area contributed by atoms with Crippen LogP contribution in [0.4, 0.5) is 5.13 Å². The Morgan fingerprint density at radius 3 is 2.72 bits per heavy atom. The molecule has 0 aliphatic carbocycles. The fourth-order valence-corrected chi connectivity index (χ4v) is 6.34. The zero-order valence-electron chi connectivity index (χ0n) is 18.2. The lowest BCUT2D eigenvalue weighted by molar-refractivity contribution is -0.119. The van der Waals surface area contributed by atoms with Crippen molar-refractivity contribution in [2.75, 3.05) is 23.8 Å². The summed E-state index contributed by atoms with van der Waals surface area (Å²) in [6.07, 6.45) is 3.18. The second-order valence-electron chi connectivity index (χ2n) is 7.99. The highest BCUT2D eigenvalue weighted by Gasteiger charge is 2.27. The normalized spacial score (nSPS) is 16.5. The smallest absolute Gasteiger partial charge is 0.228 e. The number of hydrogen-bond donors (Lipinski definition) is 0. The number of fused-ring (bicyclic) bond motifs is 1. The van der Waals surface area contributed by atoms with Gasteiger partial charge in [0.25, 0.3) is 0 Å². The number of aromatic nitrogens is 1. The number of thiazole rings is 1. The summed E-state index contributed by atoms with van der Waals surface area (Å²) in [5.74, 6) is -0.169. The number of amides is 1. The maximum atomic E-state index is 13.2. The molecule has 32 heavy (non-hydrogen) atoms. The van der Waals surface area contributed by atoms with Gasteiger partial charge in [-0.1, -0.05) is 48.6 Å². The van der Waals surface area contributed by atoms with Crippen LogP contribution in [-0.2, 0) is 25.8 Å². The van der Waals surface area contributed by atoms with Gasteiger partial charge in [-0.25, -0.2) is 13.4 Å². The van der Waals surface area contributed by atoms with Crippen molar-refractivity contribution >= 4 is 42.4 Å². The van der Waals surface area contributed by atoms with Crippen LogP contribution in [0, 0.1) is 0 Å². The molecule has 1 aliphatic heterocycles. The van der Waals surface area contributed by atoms with Crippen LogP contribution in [0.1, 0.15) is 38.2 Å². The standard InChI is InChI=1S/C24H28N2O4S2/c1-2-18-9-6-13-21-23(18)25-24(31-21)26(17-19-10-7-15-30-19)22(27)14-8-16-32(28,29)20-11-4-3-5-12-20/h3-6,9,11-13,19H,2,7-8,10,14-17H2,1H3. The minimum Gasteiger partial charge on any atom is -0.376 e. The summed E-state index contributed by atoms with van der Waals surface area (Å²) in [5, 5.41) is 0.660. The zero-order valence-corrected chi connectivity index (χ0v) is 19.8. The Morgan fingerprint density at radius 1 is 1.19 bits per heavy atom. The van der Waals surface area contributed by atoms with Crippen molar-refractivity contribution < 1.29 is 17.9 Å². The molecule has 8 heteroatoms. The molecule has 1 saturated heterocycles. The number of aryl methyl sites for hydroxylation is 1. The molecule has 0 spiro atoms. The van der Waals surface area contributed by atoms with E-state index in [4.69, 9.17) is 9.72 Å². The minimum atomic E-state index is -3.41. The average molecular weight is 473 g/mol. The number of benzene rings is 2. The molecule has 1 aliphatic rings. The minimum absolute atomic E-state index is 0.00957. The topological polar surface area (TPSA) is 76.6 Å². The monoisotopic (exact) mass is 472 g/mol. The van der Waals surface area contributed by atoms with Gasteiger partial charge in [0.05, 0.1) is 33.5 Å². The highest BCUT2D eigenvalue weighted by Crippen LogP contribution is 2.32. The lowest BCUT2D eigenvalue weighted by Crippen LogP contribution is -2.37. The molecule has 3 aromatic rings. The maximum absolute atomic E-state index is 13.2. The molecule has 1 unspecified atom stereocenters. The van der Waals surface area contributed by atoms with E-state index in [2.05, 4.69) is 13.0 Å². The molecule has 1 fully saturated rings. The van der Waals surface area contributed by atoms with E-state index in [0.717, 1.165) is 35.0 Å². The summed E-state index contributed by atoms with van der Waals surface area (Å²) < 4.78 is 32.0. The summed E-state index contributed by atoms with van der Waals surface area (Å²) in [6, 6.07) is 14.5. The molecular weight excluding hydrogens is 444 g/mol. The summed E-state index contributed by atoms with van der Waals surface area (Å²) >= 11 is 1.50. The molecule has 0 N–H and O–H groups in total. The van der Waals surface area contributed by atoms with E-state index in [0.29, 0.717) is 23.2 Å². The first-order chi connectivity index (χ1) is 15.5. The van der Waals surface area contributed by atoms with Gasteiger partial charge in [0.15, 0.2) is 15.0 Å². The molecule has 2 aromatic carbocycles. The molecule has 4 rings (SSSR count). The summed E-state index contributed by atoms with van der Waals surface area (Å²) in [6.45, 7) is 3.25. The number of carbonyl (C=O) groups excluding carboxylic acids is 1. The molecule has 0 saturated carbocycles. The molecule has 6 nitrogen and oxygen atoms in total. The lowest BCUT2D eigenvalue weighted by atomic mass is 10.1. The van der Waals surface area contributed by atoms with Gasteiger partial charge in [-0.3, -0.25) is 9.69 Å². The van der Waals surface area contributed by atoms with Crippen molar-refractivity contribution in [2.24, 2.45) is 0 Å². The van der Waals surface area contributed by atoms with Crippen LogP contribution < -0.4 is 4.90 Å². The van der Waals surface area contributed by atoms with Gasteiger partial charge in [-0.15, -0.1) is 0 Å². The van der Waals surface area contributed by atoms with Gasteiger partial charge in [0.2, 0.25) is 5.91 Å². The molecule has 1 amide bonds. The van der Waals surface area contributed by atoms with Gasteiger partial charge in [0.1, 0.15) is 0 Å². The first kappa shape index (κ1) is 22.9. The fraction of sp³-hybridized carbons (Fsp3) is 0.417. The first-order valence-corrected chi connectivity index (χ1v) is 13.5. The summed E-state index contributed by atoms with van der Waals surface area (Å²) in [7, 11) is -3.41. The number of carbonyl (C=O) groups is 1. The highest BCUT2D eigenvalue weighted by molar-refractivity contribution is 7.91. The molecule has 0 radical (unpaired) electrons. The van der Waals surface area contributed by atoms with Gasteiger partial charge in [-0.05, 0) is 49.4 Å². The largest absolute Gasteiger partial charge is 0.376 e. The van der Waals surface area contributed by atoms with Crippen molar-refractivity contribution in [2.45, 2.75) is 50.0 Å². The van der Waals surface area contributed by atoms with Gasteiger partial charge >= 0.3 is 0 Å². The molecule has 170 valence electrons. The van der Waals surface area contributed by atoms with E-state index >= 15 is 0 Å². The maximum Gasteiger partial charge on any atom is 0.228 e. The van der Waals surface area contributed by atoms with Crippen LogP contribution in [0.25, 0.3) is 10.2 Å². The van der Waals surface area contributed by atoms with Crippen LogP contribution in [-0.4, -0.2) is 44.3 Å². The Bertz CT molecular complexity index is 1170. The second-order valence-corrected chi connectivity index (χ2v) is 11.1. The van der Waals surface area contributed by atoms with Gasteiger partial charge < -0.3 is 4.74 Å². The Kier molecular flexibility index (Phi) is 7.23. The molecular formula is C24H28N2O4S2.